The van der Waals surface area contributed by atoms with Gasteiger partial charge < -0.3 is 4.74 Å². The number of carbonyl (C=O) groups is 1. The summed E-state index contributed by atoms with van der Waals surface area (Å²) >= 11 is 1.64. The maximum absolute atomic E-state index is 12.0. The fraction of sp³-hybridized carbons (Fsp3) is 0.211. The quantitative estimate of drug-likeness (QED) is 0.628. The van der Waals surface area contributed by atoms with Crippen LogP contribution in [0.2, 0.25) is 0 Å². The molecule has 0 saturated carbocycles. The Morgan fingerprint density at radius 1 is 1.12 bits per heavy atom. The van der Waals surface area contributed by atoms with Gasteiger partial charge in [0.05, 0.1) is 4.90 Å². The van der Waals surface area contributed by atoms with Gasteiger partial charge in [-0.1, -0.05) is 30.3 Å². The topological polar surface area (TPSA) is 72.5 Å². The van der Waals surface area contributed by atoms with Crippen LogP contribution in [0.5, 0.6) is 0 Å². The molecule has 3 aromatic rings. The van der Waals surface area contributed by atoms with Crippen molar-refractivity contribution in [2.24, 2.45) is 0 Å². The first-order valence-corrected chi connectivity index (χ1v) is 10.5. The number of nitrogens with one attached hydrogen (secondary N) is 1. The zero-order valence-corrected chi connectivity index (χ0v) is 15.9. The van der Waals surface area contributed by atoms with Crippen molar-refractivity contribution in [2.75, 3.05) is 7.05 Å². The van der Waals surface area contributed by atoms with E-state index >= 15 is 0 Å². The van der Waals surface area contributed by atoms with E-state index < -0.39 is 10.0 Å². The van der Waals surface area contributed by atoms with E-state index in [0.29, 0.717) is 6.42 Å². The summed E-state index contributed by atoms with van der Waals surface area (Å²) in [5.41, 5.74) is 1.90. The van der Waals surface area contributed by atoms with Crippen LogP contribution in [-0.2, 0) is 32.6 Å². The molecule has 0 aliphatic carbocycles. The van der Waals surface area contributed by atoms with Crippen LogP contribution >= 0.6 is 11.3 Å². The Balaban J connectivity index is 1.53. The van der Waals surface area contributed by atoms with Gasteiger partial charge in [-0.25, -0.2) is 13.1 Å². The first kappa shape index (κ1) is 18.6. The molecule has 7 heteroatoms. The molecule has 0 unspecified atom stereocenters. The molecule has 3 rings (SSSR count). The second-order valence-electron chi connectivity index (χ2n) is 5.77. The van der Waals surface area contributed by atoms with Crippen molar-refractivity contribution >= 4 is 37.4 Å². The first-order chi connectivity index (χ1) is 12.5. The van der Waals surface area contributed by atoms with Crippen LogP contribution in [0.3, 0.4) is 0 Å². The molecule has 0 fully saturated rings. The predicted molar refractivity (Wildman–Crippen MR) is 103 cm³/mol. The van der Waals surface area contributed by atoms with Crippen molar-refractivity contribution in [3.8, 4) is 0 Å². The Kier molecular flexibility index (Phi) is 5.70. The van der Waals surface area contributed by atoms with Crippen molar-refractivity contribution in [1.82, 2.24) is 4.72 Å². The van der Waals surface area contributed by atoms with E-state index in [9.17, 15) is 13.2 Å². The highest BCUT2D eigenvalue weighted by atomic mass is 32.2. The lowest BCUT2D eigenvalue weighted by Crippen LogP contribution is -2.18. The number of ether oxygens (including phenoxy) is 1. The summed E-state index contributed by atoms with van der Waals surface area (Å²) in [7, 11) is -2.07. The lowest BCUT2D eigenvalue weighted by molar-refractivity contribution is -0.144. The van der Waals surface area contributed by atoms with Gasteiger partial charge in [-0.2, -0.15) is 0 Å². The summed E-state index contributed by atoms with van der Waals surface area (Å²) in [4.78, 5) is 12.2. The number of aryl methyl sites for hydroxylation is 1. The normalized spacial score (nSPS) is 11.6. The van der Waals surface area contributed by atoms with E-state index in [-0.39, 0.29) is 23.9 Å². The molecule has 0 spiro atoms. The molecule has 1 N–H and O–H groups in total. The van der Waals surface area contributed by atoms with Crippen LogP contribution < -0.4 is 4.72 Å². The monoisotopic (exact) mass is 389 g/mol. The molecule has 1 heterocycles. The van der Waals surface area contributed by atoms with E-state index in [0.717, 1.165) is 16.5 Å². The van der Waals surface area contributed by atoms with Crippen molar-refractivity contribution in [1.29, 1.82) is 0 Å². The van der Waals surface area contributed by atoms with Gasteiger partial charge in [-0.05, 0) is 48.0 Å². The van der Waals surface area contributed by atoms with Crippen molar-refractivity contribution in [3.63, 3.8) is 0 Å². The maximum atomic E-state index is 12.0. The zero-order valence-electron chi connectivity index (χ0n) is 14.3. The molecule has 136 valence electrons. The van der Waals surface area contributed by atoms with Crippen molar-refractivity contribution < 1.29 is 17.9 Å². The average molecular weight is 389 g/mol. The van der Waals surface area contributed by atoms with Gasteiger partial charge in [-0.3, -0.25) is 4.79 Å². The van der Waals surface area contributed by atoms with E-state index in [1.54, 1.807) is 23.5 Å². The van der Waals surface area contributed by atoms with Gasteiger partial charge >= 0.3 is 5.97 Å². The number of carbonyl (C=O) groups excluding carboxylic acids is 1. The smallest absolute Gasteiger partial charge is 0.306 e. The van der Waals surface area contributed by atoms with E-state index in [1.165, 1.54) is 23.9 Å². The Morgan fingerprint density at radius 3 is 2.58 bits per heavy atom. The minimum absolute atomic E-state index is 0.204. The molecule has 1 aromatic heterocycles. The van der Waals surface area contributed by atoms with Gasteiger partial charge in [-0.15, -0.1) is 11.3 Å². The average Bonchev–Trinajstić information content (AvgIpc) is 3.08. The van der Waals surface area contributed by atoms with Crippen LogP contribution in [0.1, 0.15) is 17.5 Å². The zero-order chi connectivity index (χ0) is 18.6. The van der Waals surface area contributed by atoms with Gasteiger partial charge in [0.15, 0.2) is 0 Å². The number of hydrogen-bond donors (Lipinski definition) is 1. The first-order valence-electron chi connectivity index (χ1n) is 8.13. The summed E-state index contributed by atoms with van der Waals surface area (Å²) in [6, 6.07) is 14.5. The van der Waals surface area contributed by atoms with Crippen molar-refractivity contribution in [3.05, 3.63) is 65.0 Å². The van der Waals surface area contributed by atoms with Crippen LogP contribution in [-0.4, -0.2) is 21.4 Å². The van der Waals surface area contributed by atoms with Crippen LogP contribution in [0.25, 0.3) is 10.1 Å². The molecule has 0 saturated heterocycles. The molecule has 0 aliphatic heterocycles. The predicted octanol–water partition coefficient (Wildman–Crippen LogP) is 3.49. The molecular weight excluding hydrogens is 370 g/mol. The van der Waals surface area contributed by atoms with Crippen LogP contribution in [0.4, 0.5) is 0 Å². The molecule has 26 heavy (non-hydrogen) atoms. The Morgan fingerprint density at radius 2 is 1.85 bits per heavy atom. The molecule has 0 amide bonds. The highest BCUT2D eigenvalue weighted by Gasteiger charge is 2.11. The SMILES string of the molecule is CNS(=O)(=O)c1ccc(CCC(=O)OCc2csc3ccccc23)cc1. The second-order valence-corrected chi connectivity index (χ2v) is 8.57. The fourth-order valence-corrected chi connectivity index (χ4v) is 4.25. The molecule has 0 radical (unpaired) electrons. The highest BCUT2D eigenvalue weighted by molar-refractivity contribution is 7.89. The van der Waals surface area contributed by atoms with Crippen molar-refractivity contribution in [2.45, 2.75) is 24.3 Å². The number of fused-ring (bicyclic) bond motifs is 1. The lowest BCUT2D eigenvalue weighted by Gasteiger charge is -2.06. The van der Waals surface area contributed by atoms with Gasteiger partial charge in [0.25, 0.3) is 0 Å². The number of sulfonamides is 1. The Labute approximate surface area is 156 Å². The third-order valence-corrected chi connectivity index (χ3v) is 6.51. The third-order valence-electron chi connectivity index (χ3n) is 4.07. The largest absolute Gasteiger partial charge is 0.461 e. The van der Waals surface area contributed by atoms with E-state index in [1.807, 2.05) is 29.6 Å². The van der Waals surface area contributed by atoms with E-state index in [2.05, 4.69) is 4.72 Å². The summed E-state index contributed by atoms with van der Waals surface area (Å²) in [5, 5.41) is 3.13. The molecule has 2 aromatic carbocycles. The highest BCUT2D eigenvalue weighted by Crippen LogP contribution is 2.26. The lowest BCUT2D eigenvalue weighted by atomic mass is 10.1. The molecule has 5 nitrogen and oxygen atoms in total. The van der Waals surface area contributed by atoms with Gasteiger partial charge in [0.2, 0.25) is 10.0 Å². The standard InChI is InChI=1S/C19H19NO4S2/c1-20-26(22,23)16-9-6-14(7-10-16)8-11-19(21)24-12-15-13-25-18-5-3-2-4-17(15)18/h2-7,9-10,13,20H,8,11-12H2,1H3. The number of rotatable bonds is 7. The maximum Gasteiger partial charge on any atom is 0.306 e. The summed E-state index contributed by atoms with van der Waals surface area (Å²) in [6.07, 6.45) is 0.753. The molecule has 0 bridgehead atoms. The molecule has 0 aliphatic rings. The minimum atomic E-state index is -3.44. The summed E-state index contributed by atoms with van der Waals surface area (Å²) in [5.74, 6) is -0.271. The second kappa shape index (κ2) is 7.99. The third kappa shape index (κ3) is 4.30. The summed E-state index contributed by atoms with van der Waals surface area (Å²) in [6.45, 7) is 0.266. The number of thiophene rings is 1. The fourth-order valence-electron chi connectivity index (χ4n) is 2.57. The minimum Gasteiger partial charge on any atom is -0.461 e. The van der Waals surface area contributed by atoms with E-state index in [4.69, 9.17) is 4.74 Å². The number of benzene rings is 2. The van der Waals surface area contributed by atoms with Crippen LogP contribution in [0, 0.1) is 0 Å². The molecular formula is C19H19NO4S2. The van der Waals surface area contributed by atoms with Gasteiger partial charge in [0.1, 0.15) is 6.61 Å². The van der Waals surface area contributed by atoms with Gasteiger partial charge in [0, 0.05) is 16.7 Å². The molecule has 0 atom stereocenters. The Hall–Kier alpha value is -2.22. The number of esters is 1. The Bertz CT molecular complexity index is 1010. The number of hydrogen-bond acceptors (Lipinski definition) is 5. The van der Waals surface area contributed by atoms with Crippen LogP contribution in [0.15, 0.2) is 58.8 Å². The summed E-state index contributed by atoms with van der Waals surface area (Å²) < 4.78 is 32.2.